The summed E-state index contributed by atoms with van der Waals surface area (Å²) in [5, 5.41) is 6.74. The van der Waals surface area contributed by atoms with Crippen molar-refractivity contribution in [2.24, 2.45) is 5.41 Å². The highest BCUT2D eigenvalue weighted by Crippen LogP contribution is 2.43. The molecule has 7 nitrogen and oxygen atoms in total. The van der Waals surface area contributed by atoms with Gasteiger partial charge in [-0.1, -0.05) is 6.42 Å². The van der Waals surface area contributed by atoms with Crippen LogP contribution >= 0.6 is 0 Å². The molecule has 1 aromatic rings. The lowest BCUT2D eigenvalue weighted by Crippen LogP contribution is -2.52. The number of ether oxygens (including phenoxy) is 1. The third-order valence-corrected chi connectivity index (χ3v) is 5.36. The summed E-state index contributed by atoms with van der Waals surface area (Å²) in [5.41, 5.74) is -0.479. The summed E-state index contributed by atoms with van der Waals surface area (Å²) in [5.74, 6) is 1.13. The van der Waals surface area contributed by atoms with Crippen LogP contribution in [0.1, 0.15) is 50.8 Å². The molecule has 7 heteroatoms. The quantitative estimate of drug-likeness (QED) is 0.881. The molecule has 2 heterocycles. The molecule has 1 saturated carbocycles. The summed E-state index contributed by atoms with van der Waals surface area (Å²) in [6.07, 6.45) is 4.85. The monoisotopic (exact) mass is 322 g/mol. The van der Waals surface area contributed by atoms with Crippen molar-refractivity contribution in [3.63, 3.8) is 0 Å². The van der Waals surface area contributed by atoms with E-state index in [0.29, 0.717) is 19.7 Å². The maximum atomic E-state index is 13.0. The molecule has 2 aliphatic rings. The number of aromatic amines is 1. The third-order valence-electron chi connectivity index (χ3n) is 5.36. The summed E-state index contributed by atoms with van der Waals surface area (Å²) in [6.45, 7) is 4.49. The summed E-state index contributed by atoms with van der Waals surface area (Å²) in [4.78, 5) is 26.7. The van der Waals surface area contributed by atoms with Gasteiger partial charge >= 0.3 is 5.69 Å². The molecule has 1 aromatic heterocycles. The predicted molar refractivity (Wildman–Crippen MR) is 85.2 cm³/mol. The Balaban J connectivity index is 1.75. The Kier molecular flexibility index (Phi) is 4.57. The van der Waals surface area contributed by atoms with E-state index in [9.17, 15) is 9.59 Å². The second kappa shape index (κ2) is 6.47. The fourth-order valence-corrected chi connectivity index (χ4v) is 3.95. The molecule has 0 radical (unpaired) electrons. The number of methoxy groups -OCH3 is 1. The number of carbonyl (C=O) groups excluding carboxylic acids is 1. The van der Waals surface area contributed by atoms with Gasteiger partial charge in [-0.15, -0.1) is 0 Å². The Labute approximate surface area is 136 Å². The van der Waals surface area contributed by atoms with Crippen molar-refractivity contribution < 1.29 is 9.53 Å². The van der Waals surface area contributed by atoms with Crippen molar-refractivity contribution in [2.75, 3.05) is 26.8 Å². The van der Waals surface area contributed by atoms with Crippen LogP contribution in [0.25, 0.3) is 0 Å². The molecule has 0 aromatic carbocycles. The molecule has 0 bridgehead atoms. The third kappa shape index (κ3) is 2.82. The minimum Gasteiger partial charge on any atom is -0.384 e. The lowest BCUT2D eigenvalue weighted by atomic mass is 9.68. The minimum atomic E-state index is -0.313. The van der Waals surface area contributed by atoms with Crippen molar-refractivity contribution in [1.29, 1.82) is 0 Å². The molecule has 1 atom stereocenters. The second-order valence-electron chi connectivity index (χ2n) is 6.79. The SMILES string of the molecule is CCn1c([C@H]2CCCN(C(=O)C3(COC)CCC3)C2)n[nH]c1=O. The van der Waals surface area contributed by atoms with Gasteiger partial charge in [0.1, 0.15) is 5.82 Å². The van der Waals surface area contributed by atoms with Crippen LogP contribution < -0.4 is 5.69 Å². The number of nitrogens with one attached hydrogen (secondary N) is 1. The number of nitrogens with zero attached hydrogens (tertiary/aromatic N) is 3. The zero-order valence-electron chi connectivity index (χ0n) is 14.0. The first-order chi connectivity index (χ1) is 11.1. The van der Waals surface area contributed by atoms with Crippen LogP contribution in [-0.4, -0.2) is 52.4 Å². The molecule has 0 unspecified atom stereocenters. The molecule has 0 spiro atoms. The second-order valence-corrected chi connectivity index (χ2v) is 6.79. The van der Waals surface area contributed by atoms with Crippen molar-refractivity contribution in [3.05, 3.63) is 16.3 Å². The molecule has 1 N–H and O–H groups in total. The van der Waals surface area contributed by atoms with E-state index < -0.39 is 0 Å². The zero-order chi connectivity index (χ0) is 16.4. The van der Waals surface area contributed by atoms with Gasteiger partial charge in [-0.25, -0.2) is 9.89 Å². The van der Waals surface area contributed by atoms with Crippen molar-refractivity contribution in [1.82, 2.24) is 19.7 Å². The molecule has 1 aliphatic heterocycles. The molecular weight excluding hydrogens is 296 g/mol. The number of amides is 1. The number of likely N-dealkylation sites (tertiary alicyclic amines) is 1. The summed E-state index contributed by atoms with van der Waals surface area (Å²) < 4.78 is 6.98. The lowest BCUT2D eigenvalue weighted by molar-refractivity contribution is -0.153. The molecule has 128 valence electrons. The number of H-pyrrole nitrogens is 1. The predicted octanol–water partition coefficient (Wildman–Crippen LogP) is 1.11. The smallest absolute Gasteiger partial charge is 0.343 e. The first-order valence-corrected chi connectivity index (χ1v) is 8.54. The highest BCUT2D eigenvalue weighted by atomic mass is 16.5. The van der Waals surface area contributed by atoms with E-state index in [2.05, 4.69) is 10.2 Å². The van der Waals surface area contributed by atoms with Gasteiger partial charge in [0.25, 0.3) is 0 Å². The molecule has 1 aliphatic carbocycles. The van der Waals surface area contributed by atoms with Crippen molar-refractivity contribution >= 4 is 5.91 Å². The van der Waals surface area contributed by atoms with Gasteiger partial charge in [-0.2, -0.15) is 5.10 Å². The minimum absolute atomic E-state index is 0.131. The first-order valence-electron chi connectivity index (χ1n) is 8.54. The Hall–Kier alpha value is -1.63. The topological polar surface area (TPSA) is 80.2 Å². The van der Waals surface area contributed by atoms with Gasteiger partial charge in [0, 0.05) is 32.7 Å². The molecule has 2 fully saturated rings. The van der Waals surface area contributed by atoms with E-state index in [1.807, 2.05) is 11.8 Å². The van der Waals surface area contributed by atoms with Crippen molar-refractivity contribution in [3.8, 4) is 0 Å². The lowest BCUT2D eigenvalue weighted by Gasteiger charge is -2.45. The van der Waals surface area contributed by atoms with Gasteiger partial charge < -0.3 is 9.64 Å². The van der Waals surface area contributed by atoms with Crippen LogP contribution in [0, 0.1) is 5.41 Å². The van der Waals surface area contributed by atoms with E-state index >= 15 is 0 Å². The number of aromatic nitrogens is 3. The van der Waals surface area contributed by atoms with E-state index in [1.54, 1.807) is 11.7 Å². The van der Waals surface area contributed by atoms with Gasteiger partial charge in [0.05, 0.1) is 12.0 Å². The van der Waals surface area contributed by atoms with E-state index in [0.717, 1.165) is 44.5 Å². The maximum Gasteiger partial charge on any atom is 0.343 e. The highest BCUT2D eigenvalue weighted by Gasteiger charge is 2.47. The molecule has 23 heavy (non-hydrogen) atoms. The fraction of sp³-hybridized carbons (Fsp3) is 0.812. The van der Waals surface area contributed by atoms with Gasteiger partial charge in [-0.05, 0) is 32.6 Å². The van der Waals surface area contributed by atoms with E-state index in [4.69, 9.17) is 4.74 Å². The van der Waals surface area contributed by atoms with Crippen LogP contribution in [0.15, 0.2) is 4.79 Å². The fourth-order valence-electron chi connectivity index (χ4n) is 3.95. The summed E-state index contributed by atoms with van der Waals surface area (Å²) in [7, 11) is 1.66. The Bertz CT molecular complexity index is 617. The largest absolute Gasteiger partial charge is 0.384 e. The zero-order valence-corrected chi connectivity index (χ0v) is 14.0. The van der Waals surface area contributed by atoms with Crippen LogP contribution in [-0.2, 0) is 16.1 Å². The Morgan fingerprint density at radius 2 is 2.22 bits per heavy atom. The van der Waals surface area contributed by atoms with Crippen LogP contribution in [0.5, 0.6) is 0 Å². The van der Waals surface area contributed by atoms with Gasteiger partial charge in [0.15, 0.2) is 0 Å². The van der Waals surface area contributed by atoms with Gasteiger partial charge in [0.2, 0.25) is 5.91 Å². The highest BCUT2D eigenvalue weighted by molar-refractivity contribution is 5.84. The van der Waals surface area contributed by atoms with Crippen LogP contribution in [0.3, 0.4) is 0 Å². The number of hydrogen-bond donors (Lipinski definition) is 1. The average Bonchev–Trinajstić information content (AvgIpc) is 2.91. The number of hydrogen-bond acceptors (Lipinski definition) is 4. The number of rotatable bonds is 5. The van der Waals surface area contributed by atoms with Crippen LogP contribution in [0.4, 0.5) is 0 Å². The molecule has 1 saturated heterocycles. The first kappa shape index (κ1) is 16.2. The average molecular weight is 322 g/mol. The van der Waals surface area contributed by atoms with E-state index in [1.165, 1.54) is 0 Å². The molecule has 1 amide bonds. The van der Waals surface area contributed by atoms with E-state index in [-0.39, 0.29) is 22.9 Å². The summed E-state index contributed by atoms with van der Waals surface area (Å²) in [6, 6.07) is 0. The summed E-state index contributed by atoms with van der Waals surface area (Å²) >= 11 is 0. The van der Waals surface area contributed by atoms with Crippen LogP contribution in [0.2, 0.25) is 0 Å². The van der Waals surface area contributed by atoms with Crippen molar-refractivity contribution in [2.45, 2.75) is 51.5 Å². The Morgan fingerprint density at radius 1 is 1.43 bits per heavy atom. The molecule has 3 rings (SSSR count). The number of carbonyl (C=O) groups is 1. The standard InChI is InChI=1S/C16H26N4O3/c1-3-20-13(17-18-15(20)22)12-6-4-9-19(10-12)14(21)16(11-23-2)7-5-8-16/h12H,3-11H2,1-2H3,(H,18,22)/t12-/m0/s1. The molecular formula is C16H26N4O3. The maximum absolute atomic E-state index is 13.0. The number of piperidine rings is 1. The Morgan fingerprint density at radius 3 is 2.83 bits per heavy atom. The van der Waals surface area contributed by atoms with Gasteiger partial charge in [-0.3, -0.25) is 9.36 Å². The normalized spacial score (nSPS) is 23.6.